The highest BCUT2D eigenvalue weighted by Gasteiger charge is 2.44. The Bertz CT molecular complexity index is 900. The van der Waals surface area contributed by atoms with E-state index in [4.69, 9.17) is 0 Å². The molecule has 3 aliphatic rings. The highest BCUT2D eigenvalue weighted by molar-refractivity contribution is 7.89. The van der Waals surface area contributed by atoms with Gasteiger partial charge in [0.05, 0.1) is 4.90 Å². The lowest BCUT2D eigenvalue weighted by molar-refractivity contribution is 0.453. The van der Waals surface area contributed by atoms with Crippen LogP contribution in [0.2, 0.25) is 0 Å². The number of rotatable bonds is 4. The van der Waals surface area contributed by atoms with Crippen molar-refractivity contribution in [2.24, 2.45) is 11.8 Å². The van der Waals surface area contributed by atoms with Crippen LogP contribution in [0.5, 0.6) is 0 Å². The molecule has 0 amide bonds. The summed E-state index contributed by atoms with van der Waals surface area (Å²) >= 11 is 0. The van der Waals surface area contributed by atoms with Crippen molar-refractivity contribution >= 4 is 15.8 Å². The summed E-state index contributed by atoms with van der Waals surface area (Å²) in [6, 6.07) is 10.9. The van der Waals surface area contributed by atoms with Gasteiger partial charge in [-0.2, -0.15) is 4.31 Å². The zero-order valence-corrected chi connectivity index (χ0v) is 15.3. The van der Waals surface area contributed by atoms with E-state index in [0.717, 1.165) is 24.6 Å². The largest absolute Gasteiger partial charge is 0.356 e. The molecule has 5 rings (SSSR count). The third-order valence-electron chi connectivity index (χ3n) is 5.83. The Morgan fingerprint density at radius 1 is 0.923 bits per heavy atom. The first-order valence-electron chi connectivity index (χ1n) is 9.23. The second kappa shape index (κ2) is 6.03. The van der Waals surface area contributed by atoms with Crippen molar-refractivity contribution in [1.29, 1.82) is 0 Å². The first-order valence-corrected chi connectivity index (χ1v) is 10.7. The summed E-state index contributed by atoms with van der Waals surface area (Å²) in [4.78, 5) is 11.5. The van der Waals surface area contributed by atoms with E-state index in [0.29, 0.717) is 35.7 Å². The van der Waals surface area contributed by atoms with Crippen LogP contribution in [0.15, 0.2) is 47.6 Å². The highest BCUT2D eigenvalue weighted by Crippen LogP contribution is 2.40. The predicted octanol–water partition coefficient (Wildman–Crippen LogP) is 2.11. The minimum absolute atomic E-state index is 0.368. The number of benzene rings is 1. The van der Waals surface area contributed by atoms with Crippen molar-refractivity contribution in [2.75, 3.05) is 31.1 Å². The van der Waals surface area contributed by atoms with Gasteiger partial charge in [0.2, 0.25) is 10.0 Å². The van der Waals surface area contributed by atoms with Gasteiger partial charge in [0.15, 0.2) is 0 Å². The molecular weight excluding hydrogens is 348 g/mol. The molecule has 2 aliphatic heterocycles. The van der Waals surface area contributed by atoms with Crippen LogP contribution in [0.25, 0.3) is 0 Å². The highest BCUT2D eigenvalue weighted by atomic mass is 32.2. The Morgan fingerprint density at radius 3 is 2.27 bits per heavy atom. The number of nitrogens with zero attached hydrogens (tertiary/aromatic N) is 4. The SMILES string of the molecule is O=S(=O)(c1ccccc1)N1CC2CN(c3cc(C4CC4)ncn3)CC2C1. The van der Waals surface area contributed by atoms with E-state index in [9.17, 15) is 8.42 Å². The number of hydrogen-bond acceptors (Lipinski definition) is 5. The molecule has 3 fully saturated rings. The van der Waals surface area contributed by atoms with Gasteiger partial charge in [-0.1, -0.05) is 18.2 Å². The Hall–Kier alpha value is -1.99. The standard InChI is InChI=1S/C19H22N4O2S/c24-26(25,17-4-2-1-3-5-17)23-11-15-9-22(10-16(15)12-23)19-8-18(14-6-7-14)20-13-21-19/h1-5,8,13-16H,6-7,9-12H2. The van der Waals surface area contributed by atoms with Crippen molar-refractivity contribution in [3.05, 3.63) is 48.4 Å². The van der Waals surface area contributed by atoms with Gasteiger partial charge in [-0.15, -0.1) is 0 Å². The number of aromatic nitrogens is 2. The molecule has 0 spiro atoms. The molecule has 7 heteroatoms. The van der Waals surface area contributed by atoms with Crippen LogP contribution >= 0.6 is 0 Å². The van der Waals surface area contributed by atoms with E-state index in [1.807, 2.05) is 6.07 Å². The molecular formula is C19H22N4O2S. The molecule has 6 nitrogen and oxygen atoms in total. The summed E-state index contributed by atoms with van der Waals surface area (Å²) in [6.45, 7) is 2.93. The van der Waals surface area contributed by atoms with Crippen LogP contribution in [0.3, 0.4) is 0 Å². The zero-order chi connectivity index (χ0) is 17.7. The zero-order valence-electron chi connectivity index (χ0n) is 14.5. The topological polar surface area (TPSA) is 66.4 Å². The van der Waals surface area contributed by atoms with Crippen LogP contribution in [0, 0.1) is 11.8 Å². The van der Waals surface area contributed by atoms with Crippen LogP contribution < -0.4 is 4.90 Å². The van der Waals surface area contributed by atoms with E-state index in [-0.39, 0.29) is 0 Å². The van der Waals surface area contributed by atoms with E-state index >= 15 is 0 Å². The lowest BCUT2D eigenvalue weighted by Gasteiger charge is -2.22. The lowest BCUT2D eigenvalue weighted by atomic mass is 10.0. The monoisotopic (exact) mass is 370 g/mol. The molecule has 0 N–H and O–H groups in total. The molecule has 1 saturated carbocycles. The summed E-state index contributed by atoms with van der Waals surface area (Å²) in [5.74, 6) is 2.35. The second-order valence-electron chi connectivity index (χ2n) is 7.64. The van der Waals surface area contributed by atoms with Gasteiger partial charge < -0.3 is 4.90 Å². The van der Waals surface area contributed by atoms with Gasteiger partial charge >= 0.3 is 0 Å². The van der Waals surface area contributed by atoms with Crippen molar-refractivity contribution in [3.8, 4) is 0 Å². The summed E-state index contributed by atoms with van der Waals surface area (Å²) in [5.41, 5.74) is 1.15. The molecule has 1 aromatic heterocycles. The number of sulfonamides is 1. The number of anilines is 1. The maximum absolute atomic E-state index is 12.8. The van der Waals surface area contributed by atoms with Gasteiger partial charge in [0.25, 0.3) is 0 Å². The Balaban J connectivity index is 1.30. The summed E-state index contributed by atoms with van der Waals surface area (Å²) < 4.78 is 27.3. The molecule has 0 radical (unpaired) electrons. The van der Waals surface area contributed by atoms with Crippen LogP contribution in [0.1, 0.15) is 24.5 Å². The molecule has 2 saturated heterocycles. The lowest BCUT2D eigenvalue weighted by Crippen LogP contribution is -2.33. The van der Waals surface area contributed by atoms with Crippen molar-refractivity contribution in [2.45, 2.75) is 23.7 Å². The first-order chi connectivity index (χ1) is 12.6. The third-order valence-corrected chi connectivity index (χ3v) is 7.67. The van der Waals surface area contributed by atoms with Gasteiger partial charge in [-0.25, -0.2) is 18.4 Å². The Morgan fingerprint density at radius 2 is 1.62 bits per heavy atom. The van der Waals surface area contributed by atoms with Crippen LogP contribution in [0.4, 0.5) is 5.82 Å². The van der Waals surface area contributed by atoms with Crippen LogP contribution in [-0.2, 0) is 10.0 Å². The molecule has 26 heavy (non-hydrogen) atoms. The average molecular weight is 370 g/mol. The maximum atomic E-state index is 12.8. The van der Waals surface area contributed by atoms with E-state index < -0.39 is 10.0 Å². The van der Waals surface area contributed by atoms with E-state index in [2.05, 4.69) is 20.9 Å². The maximum Gasteiger partial charge on any atom is 0.243 e. The first kappa shape index (κ1) is 16.2. The summed E-state index contributed by atoms with van der Waals surface area (Å²) in [5, 5.41) is 0. The fourth-order valence-electron chi connectivity index (χ4n) is 4.21. The third kappa shape index (κ3) is 2.79. The molecule has 1 aliphatic carbocycles. The molecule has 0 bridgehead atoms. The number of fused-ring (bicyclic) bond motifs is 1. The predicted molar refractivity (Wildman–Crippen MR) is 98.4 cm³/mol. The van der Waals surface area contributed by atoms with Gasteiger partial charge in [-0.3, -0.25) is 0 Å². The molecule has 2 aromatic rings. The summed E-state index contributed by atoms with van der Waals surface area (Å²) in [6.07, 6.45) is 4.13. The molecule has 2 atom stereocenters. The second-order valence-corrected chi connectivity index (χ2v) is 9.57. The minimum Gasteiger partial charge on any atom is -0.356 e. The van der Waals surface area contributed by atoms with Crippen molar-refractivity contribution in [1.82, 2.24) is 14.3 Å². The number of hydrogen-bond donors (Lipinski definition) is 0. The van der Waals surface area contributed by atoms with Crippen molar-refractivity contribution in [3.63, 3.8) is 0 Å². The van der Waals surface area contributed by atoms with Gasteiger partial charge in [0, 0.05) is 43.9 Å². The quantitative estimate of drug-likeness (QED) is 0.825. The fraction of sp³-hybridized carbons (Fsp3) is 0.474. The van der Waals surface area contributed by atoms with E-state index in [1.54, 1.807) is 34.9 Å². The Kier molecular flexibility index (Phi) is 3.76. The van der Waals surface area contributed by atoms with E-state index in [1.165, 1.54) is 12.8 Å². The smallest absolute Gasteiger partial charge is 0.243 e. The molecule has 3 heterocycles. The minimum atomic E-state index is -3.38. The average Bonchev–Trinajstić information content (AvgIpc) is 3.32. The van der Waals surface area contributed by atoms with Crippen LogP contribution in [-0.4, -0.2) is 48.9 Å². The molecule has 1 aromatic carbocycles. The van der Waals surface area contributed by atoms with Crippen molar-refractivity contribution < 1.29 is 8.42 Å². The molecule has 136 valence electrons. The molecule has 2 unspecified atom stereocenters. The fourth-order valence-corrected chi connectivity index (χ4v) is 5.79. The normalized spacial score (nSPS) is 26.2. The van der Waals surface area contributed by atoms with Gasteiger partial charge in [0.1, 0.15) is 12.1 Å². The Labute approximate surface area is 153 Å². The van der Waals surface area contributed by atoms with Gasteiger partial charge in [-0.05, 0) is 36.8 Å². The summed E-state index contributed by atoms with van der Waals surface area (Å²) in [7, 11) is -3.38.